The lowest BCUT2D eigenvalue weighted by molar-refractivity contribution is -0.137. The van der Waals surface area contributed by atoms with Gasteiger partial charge in [0.1, 0.15) is 12.1 Å². The summed E-state index contributed by atoms with van der Waals surface area (Å²) in [6, 6.07) is 0. The van der Waals surface area contributed by atoms with Crippen LogP contribution in [0.1, 0.15) is 20.8 Å². The van der Waals surface area contributed by atoms with E-state index in [1.807, 2.05) is 0 Å². The topological polar surface area (TPSA) is 91.4 Å². The number of hydrogen-bond acceptors (Lipinski definition) is 7. The molecular weight excluding hydrogens is 277 g/mol. The molecule has 0 spiro atoms. The summed E-state index contributed by atoms with van der Waals surface area (Å²) in [5.74, 6) is -0.930. The number of rotatable bonds is 5. The van der Waals surface area contributed by atoms with Crippen LogP contribution in [0.4, 0.5) is 4.79 Å². The number of phosphoric ester groups is 1. The molecule has 0 aromatic rings. The lowest BCUT2D eigenvalue weighted by atomic mass is 10.2. The Hall–Kier alpha value is -1.11. The van der Waals surface area contributed by atoms with Gasteiger partial charge >= 0.3 is 19.9 Å². The van der Waals surface area contributed by atoms with Crippen molar-refractivity contribution in [3.05, 3.63) is 0 Å². The van der Waals surface area contributed by atoms with Crippen LogP contribution in [0, 0.1) is 0 Å². The second-order valence-corrected chi connectivity index (χ2v) is 6.42. The molecule has 8 nitrogen and oxygen atoms in total. The third-order valence-electron chi connectivity index (χ3n) is 1.73. The number of carbonyl (C=O) groups excluding carboxylic acids is 2. The van der Waals surface area contributed by atoms with Crippen molar-refractivity contribution in [2.45, 2.75) is 26.4 Å². The van der Waals surface area contributed by atoms with Gasteiger partial charge in [-0.05, 0) is 20.8 Å². The average molecular weight is 297 g/mol. The van der Waals surface area contributed by atoms with E-state index in [1.165, 1.54) is 7.05 Å². The van der Waals surface area contributed by atoms with E-state index in [-0.39, 0.29) is 0 Å². The SMILES string of the molecule is COP(=O)(OC)OC(=O)CN(C)C(=O)OC(C)(C)C. The Morgan fingerprint density at radius 3 is 2.00 bits per heavy atom. The van der Waals surface area contributed by atoms with Crippen LogP contribution in [0.3, 0.4) is 0 Å². The lowest BCUT2D eigenvalue weighted by Gasteiger charge is -2.24. The summed E-state index contributed by atoms with van der Waals surface area (Å²) in [6.07, 6.45) is -0.700. The van der Waals surface area contributed by atoms with Crippen LogP contribution < -0.4 is 0 Å². The monoisotopic (exact) mass is 297 g/mol. The fourth-order valence-electron chi connectivity index (χ4n) is 0.901. The zero-order valence-corrected chi connectivity index (χ0v) is 12.9. The zero-order chi connectivity index (χ0) is 15.3. The maximum atomic E-state index is 11.6. The van der Waals surface area contributed by atoms with Gasteiger partial charge < -0.3 is 14.2 Å². The first-order valence-electron chi connectivity index (χ1n) is 5.41. The first kappa shape index (κ1) is 17.9. The number of nitrogens with zero attached hydrogens (tertiary/aromatic N) is 1. The minimum atomic E-state index is -3.89. The van der Waals surface area contributed by atoms with Gasteiger partial charge in [0.05, 0.1) is 0 Å². The van der Waals surface area contributed by atoms with E-state index in [1.54, 1.807) is 20.8 Å². The maximum absolute atomic E-state index is 11.6. The van der Waals surface area contributed by atoms with Gasteiger partial charge in [-0.25, -0.2) is 14.2 Å². The lowest BCUT2D eigenvalue weighted by Crippen LogP contribution is -2.37. The molecule has 0 rings (SSSR count). The number of hydrogen-bond donors (Lipinski definition) is 0. The molecule has 0 saturated carbocycles. The summed E-state index contributed by atoms with van der Waals surface area (Å²) < 4.78 is 29.9. The molecule has 0 aliphatic heterocycles. The molecule has 9 heteroatoms. The molecule has 0 fully saturated rings. The average Bonchev–Trinajstić information content (AvgIpc) is 2.26. The first-order valence-corrected chi connectivity index (χ1v) is 6.87. The van der Waals surface area contributed by atoms with E-state index in [2.05, 4.69) is 13.6 Å². The molecule has 0 N–H and O–H groups in total. The van der Waals surface area contributed by atoms with Crippen molar-refractivity contribution in [1.29, 1.82) is 0 Å². The number of amides is 1. The molecule has 0 heterocycles. The largest absolute Gasteiger partial charge is 0.531 e. The van der Waals surface area contributed by atoms with Gasteiger partial charge in [-0.2, -0.15) is 0 Å². The molecule has 1 amide bonds. The van der Waals surface area contributed by atoms with Crippen LogP contribution in [-0.2, 0) is 27.7 Å². The highest BCUT2D eigenvalue weighted by Gasteiger charge is 2.29. The Bertz CT molecular complexity index is 369. The predicted octanol–water partition coefficient (Wildman–Crippen LogP) is 1.80. The standard InChI is InChI=1S/C10H20NO7P/c1-10(2,3)17-9(13)11(4)7-8(12)18-19(14,15-5)16-6/h7H2,1-6H3. The highest BCUT2D eigenvalue weighted by molar-refractivity contribution is 7.49. The Balaban J connectivity index is 4.42. The fraction of sp³-hybridized carbons (Fsp3) is 0.800. The van der Waals surface area contributed by atoms with Gasteiger partial charge in [0.15, 0.2) is 0 Å². The molecule has 0 aliphatic rings. The van der Waals surface area contributed by atoms with Crippen molar-refractivity contribution in [2.24, 2.45) is 0 Å². The Morgan fingerprint density at radius 1 is 1.16 bits per heavy atom. The van der Waals surface area contributed by atoms with Gasteiger partial charge in [-0.3, -0.25) is 9.05 Å². The Kier molecular flexibility index (Phi) is 6.48. The molecule has 0 aliphatic carbocycles. The second-order valence-electron chi connectivity index (χ2n) is 4.61. The molecule has 0 saturated heterocycles. The van der Waals surface area contributed by atoms with Gasteiger partial charge in [0.2, 0.25) is 0 Å². The molecular formula is C10H20NO7P. The minimum Gasteiger partial charge on any atom is -0.444 e. The van der Waals surface area contributed by atoms with Crippen molar-refractivity contribution < 1.29 is 32.5 Å². The highest BCUT2D eigenvalue weighted by Crippen LogP contribution is 2.47. The van der Waals surface area contributed by atoms with Gasteiger partial charge in [-0.1, -0.05) is 0 Å². The molecule has 0 radical (unpaired) electrons. The van der Waals surface area contributed by atoms with Gasteiger partial charge in [0.25, 0.3) is 0 Å². The molecule has 112 valence electrons. The summed E-state index contributed by atoms with van der Waals surface area (Å²) in [4.78, 5) is 24.0. The van der Waals surface area contributed by atoms with Crippen molar-refractivity contribution in [3.63, 3.8) is 0 Å². The van der Waals surface area contributed by atoms with E-state index < -0.39 is 32.0 Å². The fourth-order valence-corrected chi connectivity index (χ4v) is 1.51. The van der Waals surface area contributed by atoms with Crippen LogP contribution >= 0.6 is 7.82 Å². The summed E-state index contributed by atoms with van der Waals surface area (Å²) in [5.41, 5.74) is -0.677. The number of ether oxygens (including phenoxy) is 1. The smallest absolute Gasteiger partial charge is 0.444 e. The van der Waals surface area contributed by atoms with E-state index in [0.717, 1.165) is 19.1 Å². The van der Waals surface area contributed by atoms with E-state index >= 15 is 0 Å². The first-order chi connectivity index (χ1) is 8.53. The number of phosphoric acid groups is 1. The third-order valence-corrected chi connectivity index (χ3v) is 3.05. The number of carbonyl (C=O) groups is 2. The quantitative estimate of drug-likeness (QED) is 0.714. The van der Waals surface area contributed by atoms with Crippen LogP contribution in [0.15, 0.2) is 0 Å². The number of likely N-dealkylation sites (N-methyl/N-ethyl adjacent to an activating group) is 1. The summed E-state index contributed by atoms with van der Waals surface area (Å²) in [6.45, 7) is 4.65. The molecule has 0 aromatic heterocycles. The van der Waals surface area contributed by atoms with Gasteiger partial charge in [-0.15, -0.1) is 0 Å². The molecule has 0 unspecified atom stereocenters. The molecule has 0 aromatic carbocycles. The minimum absolute atomic E-state index is 0.439. The molecule has 19 heavy (non-hydrogen) atoms. The van der Waals surface area contributed by atoms with Crippen LogP contribution in [0.25, 0.3) is 0 Å². The highest BCUT2D eigenvalue weighted by atomic mass is 31.2. The van der Waals surface area contributed by atoms with Crippen LogP contribution in [-0.4, -0.2) is 50.4 Å². The van der Waals surface area contributed by atoms with E-state index in [0.29, 0.717) is 0 Å². The van der Waals surface area contributed by atoms with Crippen molar-refractivity contribution in [3.8, 4) is 0 Å². The zero-order valence-electron chi connectivity index (χ0n) is 12.0. The second kappa shape index (κ2) is 6.88. The Morgan fingerprint density at radius 2 is 1.63 bits per heavy atom. The van der Waals surface area contributed by atoms with Gasteiger partial charge in [0, 0.05) is 21.3 Å². The third kappa shape index (κ3) is 7.15. The molecule has 0 bridgehead atoms. The predicted molar refractivity (Wildman–Crippen MR) is 66.6 cm³/mol. The van der Waals surface area contributed by atoms with Crippen molar-refractivity contribution >= 4 is 19.9 Å². The van der Waals surface area contributed by atoms with Crippen LogP contribution in [0.2, 0.25) is 0 Å². The van der Waals surface area contributed by atoms with Crippen molar-refractivity contribution in [1.82, 2.24) is 4.90 Å². The summed E-state index contributed by atoms with van der Waals surface area (Å²) in [5, 5.41) is 0. The Labute approximate surface area is 112 Å². The maximum Gasteiger partial charge on any atom is 0.531 e. The van der Waals surface area contributed by atoms with Crippen LogP contribution in [0.5, 0.6) is 0 Å². The van der Waals surface area contributed by atoms with E-state index in [4.69, 9.17) is 4.74 Å². The summed E-state index contributed by atoms with van der Waals surface area (Å²) >= 11 is 0. The normalized spacial score (nSPS) is 11.9. The summed E-state index contributed by atoms with van der Waals surface area (Å²) in [7, 11) is -0.389. The molecule has 0 atom stereocenters. The van der Waals surface area contributed by atoms with E-state index in [9.17, 15) is 14.2 Å². The van der Waals surface area contributed by atoms with Crippen molar-refractivity contribution in [2.75, 3.05) is 27.8 Å².